The van der Waals surface area contributed by atoms with Crippen LogP contribution >= 0.6 is 0 Å². The van der Waals surface area contributed by atoms with Gasteiger partial charge in [-0.1, -0.05) is 6.92 Å². The van der Waals surface area contributed by atoms with Gasteiger partial charge in [0.1, 0.15) is 11.6 Å². The third kappa shape index (κ3) is 1.77. The Kier molecular flexibility index (Phi) is 2.74. The van der Waals surface area contributed by atoms with E-state index >= 15 is 0 Å². The standard InChI is InChI=1S/C14H19N3O/c1-2-14(5-7-15-8-6-14)13-16-11-4-3-10(18)9-12(11)17-13/h3-4,9,15,18H,2,5-8H2,1H3,(H,16,17). The zero-order valence-electron chi connectivity index (χ0n) is 10.7. The van der Waals surface area contributed by atoms with Gasteiger partial charge in [0, 0.05) is 11.5 Å². The van der Waals surface area contributed by atoms with E-state index in [4.69, 9.17) is 4.98 Å². The van der Waals surface area contributed by atoms with Crippen LogP contribution in [0, 0.1) is 0 Å². The van der Waals surface area contributed by atoms with Crippen molar-refractivity contribution in [3.63, 3.8) is 0 Å². The zero-order valence-corrected chi connectivity index (χ0v) is 10.7. The first-order chi connectivity index (χ1) is 8.73. The highest BCUT2D eigenvalue weighted by molar-refractivity contribution is 5.76. The fourth-order valence-corrected chi connectivity index (χ4v) is 2.91. The molecule has 3 rings (SSSR count). The largest absolute Gasteiger partial charge is 0.508 e. The molecule has 2 heterocycles. The lowest BCUT2D eigenvalue weighted by molar-refractivity contribution is 0.285. The average molecular weight is 245 g/mol. The summed E-state index contributed by atoms with van der Waals surface area (Å²) in [6, 6.07) is 5.30. The van der Waals surface area contributed by atoms with Crippen LogP contribution in [0.1, 0.15) is 32.0 Å². The van der Waals surface area contributed by atoms with Crippen LogP contribution < -0.4 is 5.32 Å². The summed E-state index contributed by atoms with van der Waals surface area (Å²) in [7, 11) is 0. The summed E-state index contributed by atoms with van der Waals surface area (Å²) in [6.07, 6.45) is 3.34. The number of nitrogens with zero attached hydrogens (tertiary/aromatic N) is 1. The van der Waals surface area contributed by atoms with Crippen molar-refractivity contribution in [2.45, 2.75) is 31.6 Å². The van der Waals surface area contributed by atoms with Crippen molar-refractivity contribution in [1.82, 2.24) is 15.3 Å². The molecular weight excluding hydrogens is 226 g/mol. The predicted octanol–water partition coefficient (Wildman–Crippen LogP) is 2.30. The lowest BCUT2D eigenvalue weighted by Crippen LogP contribution is -2.40. The van der Waals surface area contributed by atoms with Crippen LogP contribution in [0.15, 0.2) is 18.2 Å². The first-order valence-corrected chi connectivity index (χ1v) is 6.63. The fraction of sp³-hybridized carbons (Fsp3) is 0.500. The molecule has 3 N–H and O–H groups in total. The molecule has 1 saturated heterocycles. The Morgan fingerprint density at radius 2 is 2.11 bits per heavy atom. The highest BCUT2D eigenvalue weighted by atomic mass is 16.3. The molecule has 0 spiro atoms. The topological polar surface area (TPSA) is 60.9 Å². The minimum atomic E-state index is 0.167. The van der Waals surface area contributed by atoms with E-state index in [1.165, 1.54) is 0 Å². The molecule has 0 radical (unpaired) electrons. The first kappa shape index (κ1) is 11.5. The minimum absolute atomic E-state index is 0.167. The van der Waals surface area contributed by atoms with Crippen molar-refractivity contribution < 1.29 is 5.11 Å². The predicted molar refractivity (Wildman–Crippen MR) is 71.8 cm³/mol. The molecule has 0 amide bonds. The molecule has 4 heteroatoms. The number of aromatic nitrogens is 2. The summed E-state index contributed by atoms with van der Waals surface area (Å²) in [5, 5.41) is 12.9. The zero-order chi connectivity index (χ0) is 12.6. The number of piperidine rings is 1. The second kappa shape index (κ2) is 4.28. The van der Waals surface area contributed by atoms with E-state index in [-0.39, 0.29) is 11.2 Å². The molecule has 0 saturated carbocycles. The summed E-state index contributed by atoms with van der Waals surface area (Å²) in [6.45, 7) is 4.34. The van der Waals surface area contributed by atoms with Gasteiger partial charge in [0.15, 0.2) is 0 Å². The van der Waals surface area contributed by atoms with Gasteiger partial charge in [-0.05, 0) is 44.5 Å². The number of H-pyrrole nitrogens is 1. The maximum atomic E-state index is 9.51. The van der Waals surface area contributed by atoms with E-state index in [1.54, 1.807) is 12.1 Å². The van der Waals surface area contributed by atoms with Gasteiger partial charge in [-0.25, -0.2) is 4.98 Å². The van der Waals surface area contributed by atoms with Gasteiger partial charge in [-0.3, -0.25) is 0 Å². The summed E-state index contributed by atoms with van der Waals surface area (Å²) in [4.78, 5) is 8.13. The third-order valence-electron chi connectivity index (χ3n) is 4.21. The Bertz CT molecular complexity index is 555. The van der Waals surface area contributed by atoms with E-state index in [9.17, 15) is 5.11 Å². The maximum absolute atomic E-state index is 9.51. The molecule has 0 unspecified atom stereocenters. The molecule has 96 valence electrons. The van der Waals surface area contributed by atoms with Crippen LogP contribution in [0.3, 0.4) is 0 Å². The second-order valence-corrected chi connectivity index (χ2v) is 5.17. The van der Waals surface area contributed by atoms with E-state index in [2.05, 4.69) is 17.2 Å². The molecule has 1 fully saturated rings. The number of nitrogens with one attached hydrogen (secondary N) is 2. The van der Waals surface area contributed by atoms with Crippen LogP contribution in [0.5, 0.6) is 5.75 Å². The highest BCUT2D eigenvalue weighted by Gasteiger charge is 2.34. The second-order valence-electron chi connectivity index (χ2n) is 5.17. The molecule has 18 heavy (non-hydrogen) atoms. The molecular formula is C14H19N3O. The fourth-order valence-electron chi connectivity index (χ4n) is 2.91. The third-order valence-corrected chi connectivity index (χ3v) is 4.21. The molecule has 4 nitrogen and oxygen atoms in total. The molecule has 0 aliphatic carbocycles. The van der Waals surface area contributed by atoms with Crippen molar-refractivity contribution in [2.75, 3.05) is 13.1 Å². The van der Waals surface area contributed by atoms with Crippen LogP contribution in [-0.2, 0) is 5.41 Å². The van der Waals surface area contributed by atoms with Crippen molar-refractivity contribution in [3.8, 4) is 5.75 Å². The van der Waals surface area contributed by atoms with E-state index in [0.29, 0.717) is 0 Å². The number of rotatable bonds is 2. The van der Waals surface area contributed by atoms with Crippen LogP contribution in [0.25, 0.3) is 11.0 Å². The molecule has 1 aliphatic heterocycles. The van der Waals surface area contributed by atoms with E-state index < -0.39 is 0 Å². The molecule has 1 aliphatic rings. The number of aromatic amines is 1. The molecule has 0 bridgehead atoms. The SMILES string of the molecule is CCC1(c2nc3ccc(O)cc3[nH]2)CCNCC1. The number of benzene rings is 1. The summed E-state index contributed by atoms with van der Waals surface area (Å²) < 4.78 is 0. The number of fused-ring (bicyclic) bond motifs is 1. The number of hydrogen-bond acceptors (Lipinski definition) is 3. The van der Waals surface area contributed by atoms with E-state index in [1.807, 2.05) is 6.07 Å². The molecule has 1 aromatic carbocycles. The van der Waals surface area contributed by atoms with Crippen molar-refractivity contribution in [2.24, 2.45) is 0 Å². The van der Waals surface area contributed by atoms with Gasteiger partial charge in [0.25, 0.3) is 0 Å². The molecule has 2 aromatic rings. The Morgan fingerprint density at radius 1 is 1.33 bits per heavy atom. The van der Waals surface area contributed by atoms with Crippen molar-refractivity contribution >= 4 is 11.0 Å². The highest BCUT2D eigenvalue weighted by Crippen LogP contribution is 2.36. The van der Waals surface area contributed by atoms with Crippen molar-refractivity contribution in [3.05, 3.63) is 24.0 Å². The maximum Gasteiger partial charge on any atom is 0.117 e. The lowest BCUT2D eigenvalue weighted by Gasteiger charge is -2.35. The monoisotopic (exact) mass is 245 g/mol. The van der Waals surface area contributed by atoms with Crippen LogP contribution in [0.2, 0.25) is 0 Å². The lowest BCUT2D eigenvalue weighted by atomic mass is 9.76. The Balaban J connectivity index is 2.06. The van der Waals surface area contributed by atoms with Crippen LogP contribution in [-0.4, -0.2) is 28.2 Å². The van der Waals surface area contributed by atoms with Gasteiger partial charge in [0.2, 0.25) is 0 Å². The van der Waals surface area contributed by atoms with Gasteiger partial charge < -0.3 is 15.4 Å². The van der Waals surface area contributed by atoms with E-state index in [0.717, 1.165) is 49.2 Å². The summed E-state index contributed by atoms with van der Waals surface area (Å²) >= 11 is 0. The van der Waals surface area contributed by atoms with Gasteiger partial charge in [0.05, 0.1) is 11.0 Å². The van der Waals surface area contributed by atoms with Crippen LogP contribution in [0.4, 0.5) is 0 Å². The normalized spacial score (nSPS) is 19.2. The van der Waals surface area contributed by atoms with Crippen molar-refractivity contribution in [1.29, 1.82) is 0 Å². The van der Waals surface area contributed by atoms with Gasteiger partial charge in [-0.15, -0.1) is 0 Å². The first-order valence-electron chi connectivity index (χ1n) is 6.63. The number of phenols is 1. The summed E-state index contributed by atoms with van der Waals surface area (Å²) in [5.41, 5.74) is 2.03. The Morgan fingerprint density at radius 3 is 2.83 bits per heavy atom. The van der Waals surface area contributed by atoms with Gasteiger partial charge in [-0.2, -0.15) is 0 Å². The molecule has 1 aromatic heterocycles. The van der Waals surface area contributed by atoms with Gasteiger partial charge >= 0.3 is 0 Å². The Labute approximate surface area is 106 Å². The molecule has 0 atom stereocenters. The smallest absolute Gasteiger partial charge is 0.117 e. The Hall–Kier alpha value is -1.55. The minimum Gasteiger partial charge on any atom is -0.508 e. The number of aromatic hydroxyl groups is 1. The number of phenolic OH excluding ortho intramolecular Hbond substituents is 1. The average Bonchev–Trinajstić information content (AvgIpc) is 2.83. The number of imidazole rings is 1. The number of hydrogen-bond donors (Lipinski definition) is 3. The summed E-state index contributed by atoms with van der Waals surface area (Å²) in [5.74, 6) is 1.36. The quantitative estimate of drug-likeness (QED) is 0.761.